The second-order valence-corrected chi connectivity index (χ2v) is 9.75. The van der Waals surface area contributed by atoms with E-state index in [0.29, 0.717) is 5.56 Å². The molecule has 2 N–H and O–H groups in total. The van der Waals surface area contributed by atoms with Crippen LogP contribution in [0.2, 0.25) is 0 Å². The molecule has 4 heterocycles. The van der Waals surface area contributed by atoms with Crippen LogP contribution < -0.4 is 20.3 Å². The van der Waals surface area contributed by atoms with Crippen molar-refractivity contribution >= 4 is 22.5 Å². The molecule has 1 aliphatic heterocycles. The third-order valence-corrected chi connectivity index (χ3v) is 7.49. The predicted molar refractivity (Wildman–Crippen MR) is 138 cm³/mol. The Morgan fingerprint density at radius 1 is 1.17 bits per heavy atom. The van der Waals surface area contributed by atoms with Crippen LogP contribution in [0.25, 0.3) is 10.9 Å². The zero-order chi connectivity index (χ0) is 25.2. The number of aryl methyl sites for hydroxylation is 1. The Balaban J connectivity index is 1.39. The Morgan fingerprint density at radius 2 is 1.97 bits per heavy atom. The van der Waals surface area contributed by atoms with Crippen molar-refractivity contribution in [1.29, 1.82) is 0 Å². The first-order valence-electron chi connectivity index (χ1n) is 12.9. The van der Waals surface area contributed by atoms with E-state index < -0.39 is 0 Å². The molecule has 2 atom stereocenters. The third kappa shape index (κ3) is 4.71. The number of nitrogens with zero attached hydrogens (tertiary/aromatic N) is 5. The van der Waals surface area contributed by atoms with Crippen LogP contribution in [0.15, 0.2) is 24.5 Å². The number of hydrogen-bond donors (Lipinski definition) is 2. The summed E-state index contributed by atoms with van der Waals surface area (Å²) in [5.41, 5.74) is 1.63. The zero-order valence-corrected chi connectivity index (χ0v) is 21.5. The van der Waals surface area contributed by atoms with Crippen LogP contribution in [0.5, 0.6) is 5.88 Å². The van der Waals surface area contributed by atoms with Crippen LogP contribution in [0.3, 0.4) is 0 Å². The highest BCUT2D eigenvalue weighted by atomic mass is 19.1. The van der Waals surface area contributed by atoms with Crippen molar-refractivity contribution in [3.8, 4) is 5.88 Å². The summed E-state index contributed by atoms with van der Waals surface area (Å²) < 4.78 is 28.2. The van der Waals surface area contributed by atoms with Crippen LogP contribution >= 0.6 is 0 Å². The van der Waals surface area contributed by atoms with Crippen LogP contribution in [0.4, 0.5) is 16.0 Å². The van der Waals surface area contributed by atoms with E-state index in [2.05, 4.69) is 43.2 Å². The monoisotopic (exact) mass is 497 g/mol. The molecule has 1 saturated carbocycles. The Morgan fingerprint density at radius 3 is 2.67 bits per heavy atom. The number of nitrogens with one attached hydrogen (secondary N) is 2. The lowest BCUT2D eigenvalue weighted by molar-refractivity contribution is 0.0996. The molecule has 0 bridgehead atoms. The number of pyridine rings is 2. The van der Waals surface area contributed by atoms with Gasteiger partial charge in [-0.05, 0) is 58.2 Å². The minimum atomic E-state index is -0.370. The van der Waals surface area contributed by atoms with Gasteiger partial charge < -0.3 is 25.0 Å². The first kappa shape index (κ1) is 24.7. The molecule has 2 aliphatic rings. The number of ether oxygens (including phenoxy) is 2. The quantitative estimate of drug-likeness (QED) is 0.487. The van der Waals surface area contributed by atoms with Gasteiger partial charge in [0.1, 0.15) is 11.9 Å². The van der Waals surface area contributed by atoms with Gasteiger partial charge in [0.2, 0.25) is 0 Å². The highest BCUT2D eigenvalue weighted by Gasteiger charge is 2.35. The van der Waals surface area contributed by atoms with Crippen molar-refractivity contribution < 1.29 is 13.9 Å². The van der Waals surface area contributed by atoms with E-state index in [0.717, 1.165) is 67.9 Å². The van der Waals surface area contributed by atoms with E-state index >= 15 is 0 Å². The summed E-state index contributed by atoms with van der Waals surface area (Å²) in [5, 5.41) is 12.9. The molecule has 1 saturated heterocycles. The standard InChI is InChI=1S/C26H36FN7O2/c1-5-29-23-12-21-19(13-31-23)25(33-14-20(28-3)22(15-33)35-4)32-34(21)17-6-8-18(9-7-17)36-26-24(27)16(2)10-11-30-26/h10-13,17-18,20,22,28H,5-9,14-15H2,1-4H3,(H,29,31)/t17?,18?,20-,22-/m1/s1. The maximum atomic E-state index is 14.4. The number of hydrogen-bond acceptors (Lipinski definition) is 8. The van der Waals surface area contributed by atoms with E-state index in [1.54, 1.807) is 26.3 Å². The summed E-state index contributed by atoms with van der Waals surface area (Å²) in [6, 6.07) is 4.23. The first-order chi connectivity index (χ1) is 17.5. The van der Waals surface area contributed by atoms with Gasteiger partial charge in [0.25, 0.3) is 5.88 Å². The molecular weight excluding hydrogens is 461 g/mol. The highest BCUT2D eigenvalue weighted by molar-refractivity contribution is 5.91. The van der Waals surface area contributed by atoms with Gasteiger partial charge in [-0.25, -0.2) is 14.4 Å². The molecule has 3 aromatic rings. The van der Waals surface area contributed by atoms with Crippen molar-refractivity contribution in [3.05, 3.63) is 35.9 Å². The maximum absolute atomic E-state index is 14.4. The van der Waals surface area contributed by atoms with Crippen molar-refractivity contribution in [1.82, 2.24) is 25.1 Å². The number of aromatic nitrogens is 4. The fourth-order valence-corrected chi connectivity index (χ4v) is 5.43. The second kappa shape index (κ2) is 10.6. The lowest BCUT2D eigenvalue weighted by Crippen LogP contribution is -2.37. The fourth-order valence-electron chi connectivity index (χ4n) is 5.43. The molecule has 2 fully saturated rings. The molecule has 0 amide bonds. The fraction of sp³-hybridized carbons (Fsp3) is 0.577. The van der Waals surface area contributed by atoms with Gasteiger partial charge in [-0.1, -0.05) is 0 Å². The first-order valence-corrected chi connectivity index (χ1v) is 12.9. The van der Waals surface area contributed by atoms with Gasteiger partial charge in [-0.2, -0.15) is 5.10 Å². The van der Waals surface area contributed by atoms with Gasteiger partial charge >= 0.3 is 0 Å². The number of halogens is 1. The molecule has 1 aliphatic carbocycles. The van der Waals surface area contributed by atoms with E-state index in [4.69, 9.17) is 14.6 Å². The summed E-state index contributed by atoms with van der Waals surface area (Å²) in [4.78, 5) is 11.0. The molecule has 36 heavy (non-hydrogen) atoms. The molecule has 194 valence electrons. The summed E-state index contributed by atoms with van der Waals surface area (Å²) in [7, 11) is 3.73. The zero-order valence-electron chi connectivity index (χ0n) is 21.5. The largest absolute Gasteiger partial charge is 0.472 e. The smallest absolute Gasteiger partial charge is 0.250 e. The van der Waals surface area contributed by atoms with Gasteiger partial charge in [0, 0.05) is 45.2 Å². The van der Waals surface area contributed by atoms with Crippen molar-refractivity contribution in [2.45, 2.75) is 63.8 Å². The van der Waals surface area contributed by atoms with Crippen LogP contribution in [0.1, 0.15) is 44.2 Å². The average molecular weight is 498 g/mol. The van der Waals surface area contributed by atoms with Gasteiger partial charge in [0.05, 0.1) is 29.1 Å². The SMILES string of the molecule is CCNc1cc2c(cn1)c(N1C[C@@H](NC)[C@H](OC)C1)nn2C1CCC(Oc2nccc(C)c2F)CC1. The molecule has 9 nitrogen and oxygen atoms in total. The Bertz CT molecular complexity index is 1180. The van der Waals surface area contributed by atoms with Gasteiger partial charge in [-0.3, -0.25) is 4.68 Å². The normalized spacial score (nSPS) is 24.4. The molecule has 0 radical (unpaired) electrons. The minimum absolute atomic E-state index is 0.0530. The predicted octanol–water partition coefficient (Wildman–Crippen LogP) is 3.69. The van der Waals surface area contributed by atoms with Crippen LogP contribution in [0, 0.1) is 12.7 Å². The number of fused-ring (bicyclic) bond motifs is 1. The van der Waals surface area contributed by atoms with E-state index in [-0.39, 0.29) is 36.0 Å². The molecular formula is C26H36FN7O2. The molecule has 0 unspecified atom stereocenters. The summed E-state index contributed by atoms with van der Waals surface area (Å²) in [6.45, 7) is 6.20. The average Bonchev–Trinajstić information content (AvgIpc) is 3.48. The summed E-state index contributed by atoms with van der Waals surface area (Å²) >= 11 is 0. The highest BCUT2D eigenvalue weighted by Crippen LogP contribution is 2.37. The number of anilines is 2. The van der Waals surface area contributed by atoms with E-state index in [9.17, 15) is 4.39 Å². The molecule has 5 rings (SSSR count). The maximum Gasteiger partial charge on any atom is 0.250 e. The van der Waals surface area contributed by atoms with Crippen molar-refractivity contribution in [2.24, 2.45) is 0 Å². The van der Waals surface area contributed by atoms with Gasteiger partial charge in [0.15, 0.2) is 11.6 Å². The minimum Gasteiger partial charge on any atom is -0.472 e. The molecule has 3 aromatic heterocycles. The molecule has 0 aromatic carbocycles. The lowest BCUT2D eigenvalue weighted by atomic mass is 9.93. The summed E-state index contributed by atoms with van der Waals surface area (Å²) in [6.07, 6.45) is 7.01. The van der Waals surface area contributed by atoms with Crippen molar-refractivity contribution in [2.75, 3.05) is 44.0 Å². The van der Waals surface area contributed by atoms with Gasteiger partial charge in [-0.15, -0.1) is 0 Å². The van der Waals surface area contributed by atoms with Crippen LogP contribution in [-0.2, 0) is 4.74 Å². The van der Waals surface area contributed by atoms with Crippen molar-refractivity contribution in [3.63, 3.8) is 0 Å². The Labute approximate surface area is 211 Å². The number of likely N-dealkylation sites (N-methyl/N-ethyl adjacent to an activating group) is 1. The van der Waals surface area contributed by atoms with E-state index in [1.807, 2.05) is 13.2 Å². The molecule has 0 spiro atoms. The number of rotatable bonds is 8. The topological polar surface area (TPSA) is 89.4 Å². The second-order valence-electron chi connectivity index (χ2n) is 9.75. The third-order valence-electron chi connectivity index (χ3n) is 7.49. The summed E-state index contributed by atoms with van der Waals surface area (Å²) in [5.74, 6) is 1.53. The van der Waals surface area contributed by atoms with E-state index in [1.165, 1.54) is 0 Å². The molecule has 10 heteroatoms. The Hall–Kier alpha value is -2.98. The number of methoxy groups -OCH3 is 1. The lowest BCUT2D eigenvalue weighted by Gasteiger charge is -2.29. The Kier molecular flexibility index (Phi) is 7.25. The van der Waals surface area contributed by atoms with Crippen LogP contribution in [-0.4, -0.2) is 71.8 Å².